The minimum atomic E-state index is -0.0259. The molecule has 4 rings (SSSR count). The van der Waals surface area contributed by atoms with Gasteiger partial charge in [-0.3, -0.25) is 0 Å². The molecule has 2 fully saturated rings. The van der Waals surface area contributed by atoms with Crippen molar-refractivity contribution in [2.75, 3.05) is 0 Å². The molecule has 0 radical (unpaired) electrons. The number of aromatic nitrogens is 4. The molecule has 1 aliphatic heterocycles. The van der Waals surface area contributed by atoms with Crippen molar-refractivity contribution in [3.8, 4) is 0 Å². The first-order valence-electron chi connectivity index (χ1n) is 8.01. The predicted molar refractivity (Wildman–Crippen MR) is 83.6 cm³/mol. The third-order valence-electron chi connectivity index (χ3n) is 4.84. The van der Waals surface area contributed by atoms with Crippen molar-refractivity contribution in [2.45, 2.75) is 70.4 Å². The summed E-state index contributed by atoms with van der Waals surface area (Å²) in [5.41, 5.74) is -0.0259. The Labute approximate surface area is 129 Å². The highest BCUT2D eigenvalue weighted by atomic mass is 32.1. The van der Waals surface area contributed by atoms with E-state index in [0.29, 0.717) is 12.1 Å². The lowest BCUT2D eigenvalue weighted by Crippen LogP contribution is -2.30. The fourth-order valence-electron chi connectivity index (χ4n) is 3.75. The Bertz CT molecular complexity index is 639. The second-order valence-electron chi connectivity index (χ2n) is 7.51. The van der Waals surface area contributed by atoms with Crippen molar-refractivity contribution in [3.05, 3.63) is 10.8 Å². The summed E-state index contributed by atoms with van der Waals surface area (Å²) in [5, 5.41) is 18.4. The Balaban J connectivity index is 1.64. The van der Waals surface area contributed by atoms with Crippen LogP contribution < -0.4 is 5.32 Å². The lowest BCUT2D eigenvalue weighted by Gasteiger charge is -2.24. The molecule has 0 aromatic carbocycles. The van der Waals surface area contributed by atoms with E-state index in [0.717, 1.165) is 16.7 Å². The minimum absolute atomic E-state index is 0.0259. The van der Waals surface area contributed by atoms with Gasteiger partial charge in [0.05, 0.1) is 6.04 Å². The molecular formula is C15H23N5S. The summed E-state index contributed by atoms with van der Waals surface area (Å²) >= 11 is 1.69. The normalized spacial score (nSPS) is 30.0. The second kappa shape index (κ2) is 4.74. The lowest BCUT2D eigenvalue weighted by molar-refractivity contribution is 0.325. The molecule has 0 bridgehead atoms. The highest BCUT2D eigenvalue weighted by Crippen LogP contribution is 2.40. The van der Waals surface area contributed by atoms with E-state index in [4.69, 9.17) is 5.10 Å². The molecule has 1 saturated carbocycles. The first kappa shape index (κ1) is 13.6. The van der Waals surface area contributed by atoms with E-state index in [1.54, 1.807) is 11.3 Å². The SMILES string of the molecule is CC(C)(C)c1nnc2sc(C3CC4CCCCC4N3)nn12. The summed E-state index contributed by atoms with van der Waals surface area (Å²) in [6.45, 7) is 6.47. The van der Waals surface area contributed by atoms with Crippen LogP contribution in [0.4, 0.5) is 0 Å². The summed E-state index contributed by atoms with van der Waals surface area (Å²) in [6, 6.07) is 1.12. The van der Waals surface area contributed by atoms with E-state index in [2.05, 4.69) is 36.3 Å². The zero-order chi connectivity index (χ0) is 14.6. The maximum Gasteiger partial charge on any atom is 0.234 e. The Morgan fingerprint density at radius 2 is 2.00 bits per heavy atom. The van der Waals surface area contributed by atoms with Gasteiger partial charge in [-0.2, -0.15) is 9.61 Å². The van der Waals surface area contributed by atoms with Gasteiger partial charge in [0.1, 0.15) is 5.01 Å². The molecule has 3 unspecified atom stereocenters. The summed E-state index contributed by atoms with van der Waals surface area (Å²) in [6.07, 6.45) is 6.72. The highest BCUT2D eigenvalue weighted by molar-refractivity contribution is 7.16. The van der Waals surface area contributed by atoms with Crippen LogP contribution >= 0.6 is 11.3 Å². The third kappa shape index (κ3) is 2.28. The molecule has 0 spiro atoms. The van der Waals surface area contributed by atoms with E-state index in [1.165, 1.54) is 37.1 Å². The van der Waals surface area contributed by atoms with Crippen molar-refractivity contribution in [1.29, 1.82) is 0 Å². The molecule has 2 aromatic rings. The number of fused-ring (bicyclic) bond motifs is 2. The number of nitrogens with one attached hydrogen (secondary N) is 1. The number of nitrogens with zero attached hydrogens (tertiary/aromatic N) is 4. The number of hydrogen-bond acceptors (Lipinski definition) is 5. The zero-order valence-corrected chi connectivity index (χ0v) is 13.8. The zero-order valence-electron chi connectivity index (χ0n) is 13.0. The smallest absolute Gasteiger partial charge is 0.234 e. The number of hydrogen-bond donors (Lipinski definition) is 1. The topological polar surface area (TPSA) is 55.1 Å². The first-order valence-corrected chi connectivity index (χ1v) is 8.83. The van der Waals surface area contributed by atoms with Crippen LogP contribution in [0, 0.1) is 5.92 Å². The van der Waals surface area contributed by atoms with Crippen LogP contribution in [0.3, 0.4) is 0 Å². The van der Waals surface area contributed by atoms with Gasteiger partial charge in [-0.05, 0) is 25.2 Å². The predicted octanol–water partition coefficient (Wildman–Crippen LogP) is 3.08. The van der Waals surface area contributed by atoms with Crippen LogP contribution in [0.1, 0.15) is 69.7 Å². The van der Waals surface area contributed by atoms with Crippen molar-refractivity contribution in [2.24, 2.45) is 5.92 Å². The van der Waals surface area contributed by atoms with E-state index in [-0.39, 0.29) is 5.41 Å². The average Bonchev–Trinajstić information content (AvgIpc) is 3.09. The Hall–Kier alpha value is -1.01. The molecule has 1 saturated heterocycles. The lowest BCUT2D eigenvalue weighted by atomic mass is 9.85. The molecule has 2 aliphatic rings. The van der Waals surface area contributed by atoms with Crippen LogP contribution in [0.15, 0.2) is 0 Å². The van der Waals surface area contributed by atoms with Crippen molar-refractivity contribution < 1.29 is 0 Å². The number of rotatable bonds is 1. The maximum atomic E-state index is 4.83. The van der Waals surface area contributed by atoms with E-state index < -0.39 is 0 Å². The molecular weight excluding hydrogens is 282 g/mol. The summed E-state index contributed by atoms with van der Waals surface area (Å²) < 4.78 is 1.95. The van der Waals surface area contributed by atoms with E-state index in [9.17, 15) is 0 Å². The van der Waals surface area contributed by atoms with Crippen LogP contribution in [-0.4, -0.2) is 25.9 Å². The standard InChI is InChI=1S/C15H23N5S/c1-15(2,3)13-17-18-14-20(13)19-12(21-14)11-8-9-6-4-5-7-10(9)16-11/h9-11,16H,4-8H2,1-3H3. The molecule has 5 nitrogen and oxygen atoms in total. The molecule has 21 heavy (non-hydrogen) atoms. The second-order valence-corrected chi connectivity index (χ2v) is 8.50. The minimum Gasteiger partial charge on any atom is -0.305 e. The molecule has 2 aromatic heterocycles. The quantitative estimate of drug-likeness (QED) is 0.879. The fourth-order valence-corrected chi connectivity index (χ4v) is 4.66. The van der Waals surface area contributed by atoms with Gasteiger partial charge in [-0.15, -0.1) is 10.2 Å². The summed E-state index contributed by atoms with van der Waals surface area (Å²) in [7, 11) is 0. The van der Waals surface area contributed by atoms with Gasteiger partial charge < -0.3 is 5.32 Å². The molecule has 6 heteroatoms. The van der Waals surface area contributed by atoms with E-state index in [1.807, 2.05) is 4.52 Å². The van der Waals surface area contributed by atoms with Crippen LogP contribution in [0.2, 0.25) is 0 Å². The molecule has 1 aliphatic carbocycles. The van der Waals surface area contributed by atoms with Gasteiger partial charge in [0.2, 0.25) is 4.96 Å². The van der Waals surface area contributed by atoms with Gasteiger partial charge in [0.15, 0.2) is 5.82 Å². The highest BCUT2D eigenvalue weighted by Gasteiger charge is 2.37. The summed E-state index contributed by atoms with van der Waals surface area (Å²) in [5.74, 6) is 1.80. The Morgan fingerprint density at radius 1 is 1.19 bits per heavy atom. The van der Waals surface area contributed by atoms with Gasteiger partial charge in [-0.25, -0.2) is 0 Å². The fraction of sp³-hybridized carbons (Fsp3) is 0.800. The van der Waals surface area contributed by atoms with Crippen LogP contribution in [0.25, 0.3) is 4.96 Å². The Kier molecular flexibility index (Phi) is 3.08. The molecule has 3 heterocycles. The monoisotopic (exact) mass is 305 g/mol. The van der Waals surface area contributed by atoms with Gasteiger partial charge >= 0.3 is 0 Å². The van der Waals surface area contributed by atoms with Crippen molar-refractivity contribution in [3.63, 3.8) is 0 Å². The van der Waals surface area contributed by atoms with Crippen molar-refractivity contribution in [1.82, 2.24) is 25.1 Å². The molecule has 1 N–H and O–H groups in total. The average molecular weight is 305 g/mol. The summed E-state index contributed by atoms with van der Waals surface area (Å²) in [4.78, 5) is 0.923. The van der Waals surface area contributed by atoms with Gasteiger partial charge in [0.25, 0.3) is 0 Å². The van der Waals surface area contributed by atoms with Crippen molar-refractivity contribution >= 4 is 16.3 Å². The largest absolute Gasteiger partial charge is 0.305 e. The first-order chi connectivity index (χ1) is 10.0. The molecule has 3 atom stereocenters. The van der Waals surface area contributed by atoms with Crippen LogP contribution in [-0.2, 0) is 5.41 Å². The molecule has 0 amide bonds. The maximum absolute atomic E-state index is 4.83. The van der Waals surface area contributed by atoms with Gasteiger partial charge in [0, 0.05) is 11.5 Å². The van der Waals surface area contributed by atoms with E-state index >= 15 is 0 Å². The Morgan fingerprint density at radius 3 is 2.76 bits per heavy atom. The third-order valence-corrected chi connectivity index (χ3v) is 5.85. The van der Waals surface area contributed by atoms with Crippen LogP contribution in [0.5, 0.6) is 0 Å². The van der Waals surface area contributed by atoms with Gasteiger partial charge in [-0.1, -0.05) is 44.9 Å². The molecule has 114 valence electrons.